The Bertz CT molecular complexity index is 808. The van der Waals surface area contributed by atoms with E-state index in [1.54, 1.807) is 0 Å². The summed E-state index contributed by atoms with van der Waals surface area (Å²) >= 11 is 0. The van der Waals surface area contributed by atoms with Gasteiger partial charge < -0.3 is 25.6 Å². The second-order valence-corrected chi connectivity index (χ2v) is 6.94. The Morgan fingerprint density at radius 2 is 1.93 bits per heavy atom. The molecule has 0 bridgehead atoms. The number of aromatic nitrogens is 2. The lowest BCUT2D eigenvalue weighted by molar-refractivity contribution is 0.252. The second-order valence-electron chi connectivity index (χ2n) is 6.94. The quantitative estimate of drug-likeness (QED) is 0.590. The maximum Gasteiger partial charge on any atom is 0.319 e. The van der Waals surface area contributed by atoms with E-state index in [4.69, 9.17) is 4.74 Å². The van der Waals surface area contributed by atoms with Gasteiger partial charge in [-0.3, -0.25) is 0 Å². The van der Waals surface area contributed by atoms with Crippen LogP contribution in [0.4, 0.5) is 22.1 Å². The molecule has 2 heterocycles. The summed E-state index contributed by atoms with van der Waals surface area (Å²) in [4.78, 5) is 23.5. The first kappa shape index (κ1) is 20.7. The highest BCUT2D eigenvalue weighted by Gasteiger charge is 2.14. The van der Waals surface area contributed by atoms with Crippen LogP contribution in [0.1, 0.15) is 32.0 Å². The molecule has 0 spiro atoms. The lowest BCUT2D eigenvalue weighted by atomic mass is 10.1. The van der Waals surface area contributed by atoms with Gasteiger partial charge in [-0.15, -0.1) is 0 Å². The molecule has 0 atom stereocenters. The Hall–Kier alpha value is -3.03. The Labute approximate surface area is 172 Å². The van der Waals surface area contributed by atoms with Crippen molar-refractivity contribution in [3.8, 4) is 5.75 Å². The zero-order valence-electron chi connectivity index (χ0n) is 17.2. The first-order valence-corrected chi connectivity index (χ1v) is 10.3. The normalized spacial score (nSPS) is 13.7. The van der Waals surface area contributed by atoms with E-state index in [0.717, 1.165) is 30.5 Å². The number of para-hydroxylation sites is 2. The van der Waals surface area contributed by atoms with Crippen molar-refractivity contribution in [2.75, 3.05) is 48.3 Å². The van der Waals surface area contributed by atoms with Gasteiger partial charge in [0.2, 0.25) is 0 Å². The average Bonchev–Trinajstić information content (AvgIpc) is 2.73. The van der Waals surface area contributed by atoms with Crippen LogP contribution < -0.4 is 25.6 Å². The molecule has 3 N–H and O–H groups in total. The van der Waals surface area contributed by atoms with Crippen LogP contribution in [0.3, 0.4) is 0 Å². The van der Waals surface area contributed by atoms with E-state index in [2.05, 4.69) is 30.8 Å². The summed E-state index contributed by atoms with van der Waals surface area (Å²) in [5, 5.41) is 8.93. The number of nitrogens with zero attached hydrogens (tertiary/aromatic N) is 3. The molecule has 2 aromatic rings. The molecular formula is C21H30N6O2. The van der Waals surface area contributed by atoms with Crippen molar-refractivity contribution in [1.82, 2.24) is 15.3 Å². The highest BCUT2D eigenvalue weighted by Crippen LogP contribution is 2.23. The van der Waals surface area contributed by atoms with E-state index in [-0.39, 0.29) is 6.03 Å². The van der Waals surface area contributed by atoms with Crippen molar-refractivity contribution in [2.24, 2.45) is 0 Å². The molecule has 1 aromatic heterocycles. The Kier molecular flexibility index (Phi) is 7.49. The number of hydrogen-bond donors (Lipinski definition) is 3. The Balaban J connectivity index is 1.46. The third kappa shape index (κ3) is 6.23. The topological polar surface area (TPSA) is 91.4 Å². The van der Waals surface area contributed by atoms with Crippen molar-refractivity contribution < 1.29 is 9.53 Å². The number of urea groups is 1. The molecule has 29 heavy (non-hydrogen) atoms. The molecule has 1 fully saturated rings. The lowest BCUT2D eigenvalue weighted by Gasteiger charge is -2.28. The summed E-state index contributed by atoms with van der Waals surface area (Å²) in [6, 6.07) is 9.09. The SMILES string of the molecule is CCOc1ccccc1NC(=O)NCCNc1cc(N2CCCCC2)nc(C)n1. The molecule has 0 aliphatic carbocycles. The van der Waals surface area contributed by atoms with Crippen LogP contribution in [-0.4, -0.2) is 48.8 Å². The predicted molar refractivity (Wildman–Crippen MR) is 116 cm³/mol. The molecule has 8 nitrogen and oxygen atoms in total. The molecule has 8 heteroatoms. The molecule has 1 aliphatic rings. The van der Waals surface area contributed by atoms with Crippen molar-refractivity contribution in [1.29, 1.82) is 0 Å². The Morgan fingerprint density at radius 1 is 1.14 bits per heavy atom. The number of hydrogen-bond acceptors (Lipinski definition) is 6. The minimum Gasteiger partial charge on any atom is -0.492 e. The number of aryl methyl sites for hydroxylation is 1. The summed E-state index contributed by atoms with van der Waals surface area (Å²) in [5.74, 6) is 3.15. The number of piperidine rings is 1. The molecule has 1 aliphatic heterocycles. The van der Waals surface area contributed by atoms with Gasteiger partial charge in [-0.05, 0) is 45.2 Å². The first-order valence-electron chi connectivity index (χ1n) is 10.3. The third-order valence-electron chi connectivity index (χ3n) is 4.66. The maximum absolute atomic E-state index is 12.2. The summed E-state index contributed by atoms with van der Waals surface area (Å²) in [6.07, 6.45) is 3.70. The van der Waals surface area contributed by atoms with Gasteiger partial charge >= 0.3 is 6.03 Å². The lowest BCUT2D eigenvalue weighted by Crippen LogP contribution is -2.33. The number of rotatable bonds is 8. The van der Waals surface area contributed by atoms with Crippen LogP contribution in [0.2, 0.25) is 0 Å². The fourth-order valence-electron chi connectivity index (χ4n) is 3.31. The van der Waals surface area contributed by atoms with Crippen LogP contribution in [0, 0.1) is 6.92 Å². The molecule has 0 saturated carbocycles. The van der Waals surface area contributed by atoms with E-state index < -0.39 is 0 Å². The number of carbonyl (C=O) groups excluding carboxylic acids is 1. The molecule has 0 unspecified atom stereocenters. The molecule has 1 aromatic carbocycles. The predicted octanol–water partition coefficient (Wildman–Crippen LogP) is 3.41. The first-order chi connectivity index (χ1) is 14.2. The molecule has 0 radical (unpaired) electrons. The van der Waals surface area contributed by atoms with Gasteiger partial charge in [-0.2, -0.15) is 0 Å². The number of nitrogens with one attached hydrogen (secondary N) is 3. The fraction of sp³-hybridized carbons (Fsp3) is 0.476. The summed E-state index contributed by atoms with van der Waals surface area (Å²) in [6.45, 7) is 7.47. The monoisotopic (exact) mass is 398 g/mol. The average molecular weight is 399 g/mol. The zero-order valence-corrected chi connectivity index (χ0v) is 17.2. The second kappa shape index (κ2) is 10.5. The molecule has 2 amide bonds. The van der Waals surface area contributed by atoms with Gasteiger partial charge in [0.05, 0.1) is 12.3 Å². The van der Waals surface area contributed by atoms with Gasteiger partial charge in [-0.1, -0.05) is 12.1 Å². The van der Waals surface area contributed by atoms with Gasteiger partial charge in [0.15, 0.2) is 0 Å². The van der Waals surface area contributed by atoms with E-state index in [0.29, 0.717) is 31.1 Å². The van der Waals surface area contributed by atoms with Gasteiger partial charge in [0, 0.05) is 32.2 Å². The van der Waals surface area contributed by atoms with Crippen LogP contribution in [-0.2, 0) is 0 Å². The van der Waals surface area contributed by atoms with E-state index in [9.17, 15) is 4.79 Å². The van der Waals surface area contributed by atoms with Gasteiger partial charge in [-0.25, -0.2) is 14.8 Å². The highest BCUT2D eigenvalue weighted by atomic mass is 16.5. The van der Waals surface area contributed by atoms with Crippen LogP contribution >= 0.6 is 0 Å². The molecule has 3 rings (SSSR count). The molecule has 156 valence electrons. The zero-order chi connectivity index (χ0) is 20.5. The van der Waals surface area contributed by atoms with Crippen molar-refractivity contribution >= 4 is 23.4 Å². The van der Waals surface area contributed by atoms with Gasteiger partial charge in [0.25, 0.3) is 0 Å². The summed E-state index contributed by atoms with van der Waals surface area (Å²) in [5.41, 5.74) is 0.650. The largest absolute Gasteiger partial charge is 0.492 e. The third-order valence-corrected chi connectivity index (χ3v) is 4.66. The van der Waals surface area contributed by atoms with Crippen molar-refractivity contribution in [2.45, 2.75) is 33.1 Å². The minimum absolute atomic E-state index is 0.271. The van der Waals surface area contributed by atoms with E-state index >= 15 is 0 Å². The number of ether oxygens (including phenoxy) is 1. The maximum atomic E-state index is 12.2. The van der Waals surface area contributed by atoms with Crippen LogP contribution in [0.25, 0.3) is 0 Å². The number of anilines is 3. The van der Waals surface area contributed by atoms with E-state index in [1.807, 2.05) is 44.2 Å². The van der Waals surface area contributed by atoms with Crippen LogP contribution in [0.15, 0.2) is 30.3 Å². The Morgan fingerprint density at radius 3 is 2.72 bits per heavy atom. The molecular weight excluding hydrogens is 368 g/mol. The smallest absolute Gasteiger partial charge is 0.319 e. The minimum atomic E-state index is -0.271. The standard InChI is InChI=1S/C21H30N6O2/c1-3-29-18-10-6-5-9-17(18)26-21(28)23-12-11-22-19-15-20(25-16(2)24-19)27-13-7-4-8-14-27/h5-6,9-10,15H,3-4,7-8,11-14H2,1-2H3,(H,22,24,25)(H2,23,26,28). The van der Waals surface area contributed by atoms with Crippen molar-refractivity contribution in [3.63, 3.8) is 0 Å². The fourth-order valence-corrected chi connectivity index (χ4v) is 3.31. The number of benzene rings is 1. The number of amides is 2. The summed E-state index contributed by atoms with van der Waals surface area (Å²) in [7, 11) is 0. The molecule has 1 saturated heterocycles. The van der Waals surface area contributed by atoms with Gasteiger partial charge in [0.1, 0.15) is 23.2 Å². The van der Waals surface area contributed by atoms with E-state index in [1.165, 1.54) is 19.3 Å². The number of carbonyl (C=O) groups is 1. The highest BCUT2D eigenvalue weighted by molar-refractivity contribution is 5.90. The van der Waals surface area contributed by atoms with Crippen LogP contribution in [0.5, 0.6) is 5.75 Å². The summed E-state index contributed by atoms with van der Waals surface area (Å²) < 4.78 is 5.52. The van der Waals surface area contributed by atoms with Crippen molar-refractivity contribution in [3.05, 3.63) is 36.2 Å².